The average Bonchev–Trinajstić information content (AvgIpc) is 3.07. The summed E-state index contributed by atoms with van der Waals surface area (Å²) in [5, 5.41) is 9.01. The van der Waals surface area contributed by atoms with Gasteiger partial charge in [-0.25, -0.2) is 14.2 Å². The van der Waals surface area contributed by atoms with Gasteiger partial charge >= 0.3 is 6.03 Å². The number of nitrogens with zero attached hydrogens (tertiary/aromatic N) is 2. The van der Waals surface area contributed by atoms with Gasteiger partial charge in [0.05, 0.1) is 12.1 Å². The second-order valence-corrected chi connectivity index (χ2v) is 7.42. The van der Waals surface area contributed by atoms with E-state index < -0.39 is 5.54 Å². The number of carbonyl (C=O) groups is 1. The number of benzene rings is 2. The Hall–Kier alpha value is -2.69. The van der Waals surface area contributed by atoms with Crippen LogP contribution in [0.15, 0.2) is 59.7 Å². The second kappa shape index (κ2) is 7.91. The van der Waals surface area contributed by atoms with Gasteiger partial charge in [0.2, 0.25) is 0 Å². The molecule has 1 N–H and O–H groups in total. The van der Waals surface area contributed by atoms with Crippen LogP contribution in [0.25, 0.3) is 0 Å². The molecule has 2 aromatic carbocycles. The van der Waals surface area contributed by atoms with E-state index >= 15 is 0 Å². The van der Waals surface area contributed by atoms with Crippen LogP contribution in [0.1, 0.15) is 50.7 Å². The second-order valence-electron chi connectivity index (χ2n) is 7.42. The number of nitrogens with one attached hydrogen (secondary N) is 1. The Morgan fingerprint density at radius 2 is 1.85 bits per heavy atom. The Labute approximate surface area is 160 Å². The van der Waals surface area contributed by atoms with E-state index in [0.29, 0.717) is 12.1 Å². The minimum absolute atomic E-state index is 0.197. The van der Waals surface area contributed by atoms with Gasteiger partial charge in [0.15, 0.2) is 0 Å². The van der Waals surface area contributed by atoms with E-state index in [1.165, 1.54) is 11.1 Å². The lowest BCUT2D eigenvalue weighted by Gasteiger charge is -2.28. The molecule has 0 saturated heterocycles. The molecule has 5 heteroatoms. The van der Waals surface area contributed by atoms with Crippen molar-refractivity contribution in [2.45, 2.75) is 45.1 Å². The zero-order valence-corrected chi connectivity index (χ0v) is 16.1. The molecular formula is C22H26FN3O. The third-order valence-electron chi connectivity index (χ3n) is 4.94. The largest absolute Gasteiger partial charge is 0.338 e. The van der Waals surface area contributed by atoms with E-state index in [1.807, 2.05) is 50.2 Å². The molecule has 0 radical (unpaired) electrons. The SMILES string of the molecule is CCCC1=NN(C(=O)NC(C)(C)c2ccccc2)CC1c1ccccc1F. The summed E-state index contributed by atoms with van der Waals surface area (Å²) < 4.78 is 14.3. The molecule has 0 saturated carbocycles. The zero-order valence-electron chi connectivity index (χ0n) is 16.1. The van der Waals surface area contributed by atoms with Crippen LogP contribution >= 0.6 is 0 Å². The van der Waals surface area contributed by atoms with Gasteiger partial charge < -0.3 is 5.32 Å². The van der Waals surface area contributed by atoms with Gasteiger partial charge in [0, 0.05) is 11.6 Å². The van der Waals surface area contributed by atoms with Gasteiger partial charge in [-0.3, -0.25) is 0 Å². The van der Waals surface area contributed by atoms with Crippen molar-refractivity contribution < 1.29 is 9.18 Å². The fraction of sp³-hybridized carbons (Fsp3) is 0.364. The summed E-state index contributed by atoms with van der Waals surface area (Å²) in [7, 11) is 0. The molecule has 142 valence electrons. The van der Waals surface area contributed by atoms with Crippen molar-refractivity contribution in [1.29, 1.82) is 0 Å². The number of hydrogen-bond donors (Lipinski definition) is 1. The van der Waals surface area contributed by atoms with E-state index in [1.54, 1.807) is 12.1 Å². The first-order valence-corrected chi connectivity index (χ1v) is 9.39. The van der Waals surface area contributed by atoms with Gasteiger partial charge in [-0.15, -0.1) is 0 Å². The smallest absolute Gasteiger partial charge is 0.328 e. The van der Waals surface area contributed by atoms with Gasteiger partial charge in [-0.1, -0.05) is 61.9 Å². The summed E-state index contributed by atoms with van der Waals surface area (Å²) in [6.07, 6.45) is 1.64. The average molecular weight is 367 g/mol. The highest BCUT2D eigenvalue weighted by molar-refractivity contribution is 5.94. The summed E-state index contributed by atoms with van der Waals surface area (Å²) in [6, 6.07) is 16.3. The Balaban J connectivity index is 1.79. The third kappa shape index (κ3) is 4.18. The molecule has 0 fully saturated rings. The third-order valence-corrected chi connectivity index (χ3v) is 4.94. The zero-order chi connectivity index (χ0) is 19.4. The summed E-state index contributed by atoms with van der Waals surface area (Å²) in [5.74, 6) is -0.449. The maximum Gasteiger partial charge on any atom is 0.338 e. The predicted molar refractivity (Wildman–Crippen MR) is 106 cm³/mol. The number of urea groups is 1. The Morgan fingerprint density at radius 3 is 2.52 bits per heavy atom. The Bertz CT molecular complexity index is 832. The molecule has 27 heavy (non-hydrogen) atoms. The van der Waals surface area contributed by atoms with Crippen molar-refractivity contribution in [3.63, 3.8) is 0 Å². The van der Waals surface area contributed by atoms with E-state index in [0.717, 1.165) is 24.1 Å². The fourth-order valence-electron chi connectivity index (χ4n) is 3.45. The lowest BCUT2D eigenvalue weighted by Crippen LogP contribution is -2.46. The number of halogens is 1. The molecule has 1 unspecified atom stereocenters. The topological polar surface area (TPSA) is 44.7 Å². The molecule has 4 nitrogen and oxygen atoms in total. The predicted octanol–water partition coefficient (Wildman–Crippen LogP) is 5.03. The number of amides is 2. The molecule has 0 aliphatic carbocycles. The van der Waals surface area contributed by atoms with Crippen LogP contribution in [0.4, 0.5) is 9.18 Å². The van der Waals surface area contributed by atoms with Gasteiger partial charge in [0.25, 0.3) is 0 Å². The monoisotopic (exact) mass is 367 g/mol. The first-order chi connectivity index (χ1) is 12.9. The normalized spacial score (nSPS) is 17.0. The van der Waals surface area contributed by atoms with Gasteiger partial charge in [-0.2, -0.15) is 5.10 Å². The maximum atomic E-state index is 14.3. The van der Waals surface area contributed by atoms with Crippen molar-refractivity contribution in [1.82, 2.24) is 10.3 Å². The van der Waals surface area contributed by atoms with Gasteiger partial charge in [0.1, 0.15) is 5.82 Å². The Morgan fingerprint density at radius 1 is 1.19 bits per heavy atom. The molecule has 0 bridgehead atoms. The van der Waals surface area contributed by atoms with Crippen molar-refractivity contribution in [3.05, 3.63) is 71.5 Å². The lowest BCUT2D eigenvalue weighted by molar-refractivity contribution is 0.192. The van der Waals surface area contributed by atoms with Crippen molar-refractivity contribution in [2.75, 3.05) is 6.54 Å². The summed E-state index contributed by atoms with van der Waals surface area (Å²) in [5.41, 5.74) is 1.94. The molecular weight excluding hydrogens is 341 g/mol. The highest BCUT2D eigenvalue weighted by atomic mass is 19.1. The number of hydrazone groups is 1. The van der Waals surface area contributed by atoms with Crippen molar-refractivity contribution in [2.24, 2.45) is 5.10 Å². The van der Waals surface area contributed by atoms with Crippen LogP contribution in [0.2, 0.25) is 0 Å². The highest BCUT2D eigenvalue weighted by Gasteiger charge is 2.34. The van der Waals surface area contributed by atoms with Crippen LogP contribution in [0.3, 0.4) is 0 Å². The van der Waals surface area contributed by atoms with Gasteiger partial charge in [-0.05, 0) is 37.5 Å². The minimum Gasteiger partial charge on any atom is -0.328 e. The standard InChI is InChI=1S/C22H26FN3O/c1-4-10-20-18(17-13-8-9-14-19(17)23)15-26(25-20)21(27)24-22(2,3)16-11-6-5-7-12-16/h5-9,11-14,18H,4,10,15H2,1-3H3,(H,24,27). The number of rotatable bonds is 5. The summed E-state index contributed by atoms with van der Waals surface area (Å²) in [4.78, 5) is 12.9. The molecule has 0 spiro atoms. The van der Waals surface area contributed by atoms with Crippen LogP contribution in [-0.4, -0.2) is 23.3 Å². The van der Waals surface area contributed by atoms with Crippen molar-refractivity contribution in [3.8, 4) is 0 Å². The van der Waals surface area contributed by atoms with Crippen LogP contribution in [-0.2, 0) is 5.54 Å². The molecule has 3 rings (SSSR count). The molecule has 0 aromatic heterocycles. The maximum absolute atomic E-state index is 14.3. The molecule has 1 aliphatic heterocycles. The first-order valence-electron chi connectivity index (χ1n) is 9.39. The molecule has 1 heterocycles. The highest BCUT2D eigenvalue weighted by Crippen LogP contribution is 2.30. The van der Waals surface area contributed by atoms with E-state index in [2.05, 4.69) is 17.3 Å². The van der Waals surface area contributed by atoms with E-state index in [4.69, 9.17) is 0 Å². The molecule has 1 atom stereocenters. The fourth-order valence-corrected chi connectivity index (χ4v) is 3.45. The first kappa shape index (κ1) is 19.1. The van der Waals surface area contributed by atoms with Crippen LogP contribution < -0.4 is 5.32 Å². The van der Waals surface area contributed by atoms with Crippen LogP contribution in [0, 0.1) is 5.82 Å². The quantitative estimate of drug-likeness (QED) is 0.792. The Kier molecular flexibility index (Phi) is 5.59. The van der Waals surface area contributed by atoms with E-state index in [9.17, 15) is 9.18 Å². The molecule has 2 amide bonds. The van der Waals surface area contributed by atoms with Crippen LogP contribution in [0.5, 0.6) is 0 Å². The number of carbonyl (C=O) groups excluding carboxylic acids is 1. The summed E-state index contributed by atoms with van der Waals surface area (Å²) in [6.45, 7) is 6.33. The molecule has 1 aliphatic rings. The van der Waals surface area contributed by atoms with Crippen molar-refractivity contribution >= 4 is 11.7 Å². The lowest BCUT2D eigenvalue weighted by atomic mass is 9.92. The number of hydrogen-bond acceptors (Lipinski definition) is 2. The van der Waals surface area contributed by atoms with E-state index in [-0.39, 0.29) is 17.8 Å². The summed E-state index contributed by atoms with van der Waals surface area (Å²) >= 11 is 0. The minimum atomic E-state index is -0.533. The molecule has 2 aromatic rings.